The van der Waals surface area contributed by atoms with Gasteiger partial charge in [0, 0.05) is 11.3 Å². The normalized spacial score (nSPS) is 15.0. The van der Waals surface area contributed by atoms with Crippen LogP contribution in [0, 0.1) is 0 Å². The van der Waals surface area contributed by atoms with Gasteiger partial charge in [-0.05, 0) is 43.3 Å². The van der Waals surface area contributed by atoms with Crippen LogP contribution in [0.3, 0.4) is 0 Å². The Kier molecular flexibility index (Phi) is 6.01. The molecule has 0 radical (unpaired) electrons. The SMILES string of the molecule is CCOc1cccc(C(=O)Nc2ccc(N3CC[NH+](C)CC3)c(Cl)c2)c1. The fourth-order valence-electron chi connectivity index (χ4n) is 3.07. The summed E-state index contributed by atoms with van der Waals surface area (Å²) in [6, 6.07) is 12.8. The van der Waals surface area contributed by atoms with E-state index in [1.54, 1.807) is 12.1 Å². The number of hydrogen-bond acceptors (Lipinski definition) is 3. The summed E-state index contributed by atoms with van der Waals surface area (Å²) < 4.78 is 5.45. The Bertz CT molecular complexity index is 773. The van der Waals surface area contributed by atoms with Crippen LogP contribution in [-0.4, -0.2) is 45.7 Å². The van der Waals surface area contributed by atoms with Crippen LogP contribution in [0.15, 0.2) is 42.5 Å². The van der Waals surface area contributed by atoms with E-state index >= 15 is 0 Å². The van der Waals surface area contributed by atoms with Gasteiger partial charge in [0.25, 0.3) is 5.91 Å². The number of carbonyl (C=O) groups excluding carboxylic acids is 1. The number of anilines is 2. The molecule has 2 aromatic rings. The second kappa shape index (κ2) is 8.43. The van der Waals surface area contributed by atoms with Gasteiger partial charge in [-0.2, -0.15) is 0 Å². The molecule has 0 spiro atoms. The number of likely N-dealkylation sites (N-methyl/N-ethyl adjacent to an activating group) is 1. The lowest BCUT2D eigenvalue weighted by atomic mass is 10.2. The zero-order chi connectivity index (χ0) is 18.5. The maximum Gasteiger partial charge on any atom is 0.255 e. The molecular weight excluding hydrogens is 350 g/mol. The van der Waals surface area contributed by atoms with Crippen molar-refractivity contribution in [3.63, 3.8) is 0 Å². The summed E-state index contributed by atoms with van der Waals surface area (Å²) in [6.07, 6.45) is 0. The van der Waals surface area contributed by atoms with Crippen molar-refractivity contribution in [1.29, 1.82) is 0 Å². The maximum atomic E-state index is 12.5. The molecule has 0 bridgehead atoms. The van der Waals surface area contributed by atoms with Crippen molar-refractivity contribution >= 4 is 28.9 Å². The zero-order valence-electron chi connectivity index (χ0n) is 15.2. The maximum absolute atomic E-state index is 12.5. The van der Waals surface area contributed by atoms with Gasteiger partial charge in [0.15, 0.2) is 0 Å². The number of piperazine rings is 1. The van der Waals surface area contributed by atoms with Crippen molar-refractivity contribution < 1.29 is 14.4 Å². The topological polar surface area (TPSA) is 46.0 Å². The second-order valence-corrected chi connectivity index (χ2v) is 6.93. The summed E-state index contributed by atoms with van der Waals surface area (Å²) in [5, 5.41) is 3.56. The number of benzene rings is 2. The minimum Gasteiger partial charge on any atom is -0.494 e. The van der Waals surface area contributed by atoms with Gasteiger partial charge in [0.1, 0.15) is 5.75 Å². The second-order valence-electron chi connectivity index (χ2n) is 6.53. The number of halogens is 1. The van der Waals surface area contributed by atoms with Gasteiger partial charge in [-0.1, -0.05) is 17.7 Å². The third kappa shape index (κ3) is 4.48. The van der Waals surface area contributed by atoms with E-state index in [-0.39, 0.29) is 5.91 Å². The van der Waals surface area contributed by atoms with Crippen LogP contribution in [0.5, 0.6) is 5.75 Å². The van der Waals surface area contributed by atoms with Crippen LogP contribution in [-0.2, 0) is 0 Å². The van der Waals surface area contributed by atoms with Crippen molar-refractivity contribution in [1.82, 2.24) is 0 Å². The first-order valence-corrected chi connectivity index (χ1v) is 9.34. The number of nitrogens with one attached hydrogen (secondary N) is 2. The minimum absolute atomic E-state index is 0.182. The molecule has 1 fully saturated rings. The molecule has 3 rings (SSSR count). The van der Waals surface area contributed by atoms with E-state index in [1.807, 2.05) is 37.3 Å². The molecule has 26 heavy (non-hydrogen) atoms. The predicted octanol–water partition coefficient (Wildman–Crippen LogP) is 2.33. The summed E-state index contributed by atoms with van der Waals surface area (Å²) in [7, 11) is 2.21. The molecule has 0 atom stereocenters. The third-order valence-corrected chi connectivity index (χ3v) is 4.87. The summed E-state index contributed by atoms with van der Waals surface area (Å²) in [6.45, 7) is 6.66. The molecule has 1 aliphatic heterocycles. The molecule has 1 heterocycles. The number of amides is 1. The summed E-state index contributed by atoms with van der Waals surface area (Å²) in [5.74, 6) is 0.504. The summed E-state index contributed by atoms with van der Waals surface area (Å²) in [5.41, 5.74) is 2.26. The molecule has 2 aromatic carbocycles. The van der Waals surface area contributed by atoms with Crippen molar-refractivity contribution in [2.24, 2.45) is 0 Å². The molecule has 0 saturated carbocycles. The molecule has 1 amide bonds. The smallest absolute Gasteiger partial charge is 0.255 e. The molecule has 2 N–H and O–H groups in total. The Labute approximate surface area is 159 Å². The highest BCUT2D eigenvalue weighted by molar-refractivity contribution is 6.33. The Hall–Kier alpha value is -2.24. The molecule has 0 aliphatic carbocycles. The quantitative estimate of drug-likeness (QED) is 0.844. The van der Waals surface area contributed by atoms with Crippen LogP contribution in [0.4, 0.5) is 11.4 Å². The number of hydrogen-bond donors (Lipinski definition) is 2. The van der Waals surface area contributed by atoms with E-state index in [1.165, 1.54) is 4.90 Å². The van der Waals surface area contributed by atoms with Crippen molar-refractivity contribution in [2.75, 3.05) is 50.1 Å². The van der Waals surface area contributed by atoms with Crippen LogP contribution < -0.4 is 19.9 Å². The van der Waals surface area contributed by atoms with Crippen molar-refractivity contribution in [3.8, 4) is 5.75 Å². The summed E-state index contributed by atoms with van der Waals surface area (Å²) in [4.78, 5) is 16.3. The molecule has 1 saturated heterocycles. The van der Waals surface area contributed by atoms with Gasteiger partial charge >= 0.3 is 0 Å². The molecule has 138 valence electrons. The number of carbonyl (C=O) groups is 1. The fraction of sp³-hybridized carbons (Fsp3) is 0.350. The van der Waals surface area contributed by atoms with Crippen LogP contribution >= 0.6 is 11.6 Å². The van der Waals surface area contributed by atoms with E-state index in [0.717, 1.165) is 31.9 Å². The summed E-state index contributed by atoms with van der Waals surface area (Å²) >= 11 is 6.48. The highest BCUT2D eigenvalue weighted by atomic mass is 35.5. The molecule has 0 unspecified atom stereocenters. The van der Waals surface area contributed by atoms with Gasteiger partial charge < -0.3 is 19.9 Å². The minimum atomic E-state index is -0.182. The number of rotatable bonds is 5. The van der Waals surface area contributed by atoms with Gasteiger partial charge in [-0.15, -0.1) is 0 Å². The Morgan fingerprint density at radius 1 is 1.23 bits per heavy atom. The lowest BCUT2D eigenvalue weighted by molar-refractivity contribution is -0.880. The molecule has 0 aromatic heterocycles. The van der Waals surface area contributed by atoms with Crippen molar-refractivity contribution in [2.45, 2.75) is 6.92 Å². The average molecular weight is 375 g/mol. The Morgan fingerprint density at radius 2 is 2.00 bits per heavy atom. The van der Waals surface area contributed by atoms with Gasteiger partial charge in [-0.3, -0.25) is 4.79 Å². The van der Waals surface area contributed by atoms with E-state index in [9.17, 15) is 4.79 Å². The van der Waals surface area contributed by atoms with E-state index in [0.29, 0.717) is 28.6 Å². The van der Waals surface area contributed by atoms with Gasteiger partial charge in [0.2, 0.25) is 0 Å². The lowest BCUT2D eigenvalue weighted by Gasteiger charge is -2.32. The highest BCUT2D eigenvalue weighted by Gasteiger charge is 2.19. The largest absolute Gasteiger partial charge is 0.494 e. The Morgan fingerprint density at radius 3 is 2.69 bits per heavy atom. The lowest BCUT2D eigenvalue weighted by Crippen LogP contribution is -3.12. The predicted molar refractivity (Wildman–Crippen MR) is 106 cm³/mol. The highest BCUT2D eigenvalue weighted by Crippen LogP contribution is 2.29. The zero-order valence-corrected chi connectivity index (χ0v) is 16.0. The number of nitrogens with zero attached hydrogens (tertiary/aromatic N) is 1. The first-order chi connectivity index (χ1) is 12.6. The molecule has 6 heteroatoms. The monoisotopic (exact) mass is 374 g/mol. The first-order valence-electron chi connectivity index (χ1n) is 8.97. The van der Waals surface area contributed by atoms with Crippen LogP contribution in [0.2, 0.25) is 5.02 Å². The average Bonchev–Trinajstić information content (AvgIpc) is 2.63. The fourth-order valence-corrected chi connectivity index (χ4v) is 3.37. The van der Waals surface area contributed by atoms with Gasteiger partial charge in [-0.25, -0.2) is 0 Å². The van der Waals surface area contributed by atoms with E-state index < -0.39 is 0 Å². The molecule has 5 nitrogen and oxygen atoms in total. The van der Waals surface area contributed by atoms with Gasteiger partial charge in [0.05, 0.1) is 50.5 Å². The van der Waals surface area contributed by atoms with E-state index in [2.05, 4.69) is 17.3 Å². The van der Waals surface area contributed by atoms with Crippen molar-refractivity contribution in [3.05, 3.63) is 53.1 Å². The van der Waals surface area contributed by atoms with Crippen LogP contribution in [0.1, 0.15) is 17.3 Å². The molecular formula is C20H25ClN3O2+. The molecule has 1 aliphatic rings. The number of quaternary nitrogens is 1. The Balaban J connectivity index is 1.69. The van der Waals surface area contributed by atoms with Crippen LogP contribution in [0.25, 0.3) is 0 Å². The third-order valence-electron chi connectivity index (χ3n) is 4.57. The van der Waals surface area contributed by atoms with E-state index in [4.69, 9.17) is 16.3 Å². The first kappa shape index (κ1) is 18.5. The number of ether oxygens (including phenoxy) is 1. The standard InChI is InChI=1S/C20H24ClN3O2/c1-3-26-17-6-4-5-15(13-17)20(25)22-16-7-8-19(18(21)14-16)24-11-9-23(2)10-12-24/h4-8,13-14H,3,9-12H2,1-2H3,(H,22,25)/p+1.